The van der Waals surface area contributed by atoms with Gasteiger partial charge in [0.2, 0.25) is 5.91 Å². The van der Waals surface area contributed by atoms with Crippen LogP contribution in [0.4, 0.5) is 0 Å². The van der Waals surface area contributed by atoms with Crippen LogP contribution < -0.4 is 11.1 Å². The summed E-state index contributed by atoms with van der Waals surface area (Å²) in [6.07, 6.45) is 2.06. The summed E-state index contributed by atoms with van der Waals surface area (Å²) in [5.41, 5.74) is 5.61. The summed E-state index contributed by atoms with van der Waals surface area (Å²) >= 11 is 0. The SMILES string of the molecule is CCC[C@H](N)C(=O)NC(C(=O)O)C(C)CC. The molecule has 0 aromatic rings. The van der Waals surface area contributed by atoms with Gasteiger partial charge in [-0.15, -0.1) is 0 Å². The molecule has 0 radical (unpaired) electrons. The number of carboxylic acid groups (broad SMARTS) is 1. The fraction of sp³-hybridized carbons (Fsp3) is 0.818. The van der Waals surface area contributed by atoms with Gasteiger partial charge in [-0.3, -0.25) is 4.79 Å². The van der Waals surface area contributed by atoms with Gasteiger partial charge in [0.15, 0.2) is 0 Å². The standard InChI is InChI=1S/C11H22N2O3/c1-4-6-8(12)10(14)13-9(11(15)16)7(3)5-2/h7-9H,4-6,12H2,1-3H3,(H,13,14)(H,15,16)/t7?,8-,9?/m0/s1. The number of carbonyl (C=O) groups is 2. The van der Waals surface area contributed by atoms with Crippen molar-refractivity contribution in [3.63, 3.8) is 0 Å². The Morgan fingerprint density at radius 1 is 1.38 bits per heavy atom. The van der Waals surface area contributed by atoms with Gasteiger partial charge in [-0.1, -0.05) is 33.6 Å². The van der Waals surface area contributed by atoms with Crippen LogP contribution in [0.15, 0.2) is 0 Å². The first-order valence-corrected chi connectivity index (χ1v) is 5.72. The van der Waals surface area contributed by atoms with Gasteiger partial charge in [-0.25, -0.2) is 4.79 Å². The average molecular weight is 230 g/mol. The average Bonchev–Trinajstić information content (AvgIpc) is 2.24. The zero-order valence-electron chi connectivity index (χ0n) is 10.2. The minimum atomic E-state index is -1.01. The van der Waals surface area contributed by atoms with Crippen LogP contribution in [0.2, 0.25) is 0 Å². The highest BCUT2D eigenvalue weighted by molar-refractivity contribution is 5.86. The summed E-state index contributed by atoms with van der Waals surface area (Å²) in [6.45, 7) is 5.61. The Morgan fingerprint density at radius 2 is 1.94 bits per heavy atom. The van der Waals surface area contributed by atoms with Crippen molar-refractivity contribution in [2.24, 2.45) is 11.7 Å². The predicted molar refractivity (Wildman–Crippen MR) is 61.9 cm³/mol. The number of aliphatic carboxylic acids is 1. The lowest BCUT2D eigenvalue weighted by Gasteiger charge is -2.22. The van der Waals surface area contributed by atoms with Crippen molar-refractivity contribution in [2.45, 2.75) is 52.1 Å². The molecule has 0 spiro atoms. The highest BCUT2D eigenvalue weighted by Crippen LogP contribution is 2.08. The normalized spacial score (nSPS) is 16.2. The summed E-state index contributed by atoms with van der Waals surface area (Å²) in [5, 5.41) is 11.5. The molecule has 94 valence electrons. The fourth-order valence-electron chi connectivity index (χ4n) is 1.39. The first kappa shape index (κ1) is 14.9. The van der Waals surface area contributed by atoms with Crippen molar-refractivity contribution in [1.82, 2.24) is 5.32 Å². The summed E-state index contributed by atoms with van der Waals surface area (Å²) in [4.78, 5) is 22.5. The Kier molecular flexibility index (Phi) is 6.72. The van der Waals surface area contributed by atoms with Gasteiger partial charge in [0, 0.05) is 0 Å². The molecule has 2 unspecified atom stereocenters. The number of amides is 1. The van der Waals surface area contributed by atoms with E-state index in [1.807, 2.05) is 13.8 Å². The molecule has 0 rings (SSSR count). The van der Waals surface area contributed by atoms with Gasteiger partial charge in [-0.05, 0) is 12.3 Å². The van der Waals surface area contributed by atoms with Crippen LogP contribution >= 0.6 is 0 Å². The molecule has 0 fully saturated rings. The minimum Gasteiger partial charge on any atom is -0.480 e. The van der Waals surface area contributed by atoms with E-state index in [2.05, 4.69) is 5.32 Å². The van der Waals surface area contributed by atoms with Crippen molar-refractivity contribution < 1.29 is 14.7 Å². The molecule has 0 aromatic carbocycles. The second-order valence-corrected chi connectivity index (χ2v) is 4.11. The van der Waals surface area contributed by atoms with Gasteiger partial charge in [0.05, 0.1) is 6.04 Å². The minimum absolute atomic E-state index is 0.102. The molecule has 0 heterocycles. The van der Waals surface area contributed by atoms with Crippen LogP contribution in [0.3, 0.4) is 0 Å². The van der Waals surface area contributed by atoms with Crippen LogP contribution in [-0.4, -0.2) is 29.1 Å². The molecule has 16 heavy (non-hydrogen) atoms. The molecule has 5 heteroatoms. The number of carbonyl (C=O) groups excluding carboxylic acids is 1. The van der Waals surface area contributed by atoms with Crippen LogP contribution in [-0.2, 0) is 9.59 Å². The Hall–Kier alpha value is -1.10. The molecule has 1 amide bonds. The zero-order valence-corrected chi connectivity index (χ0v) is 10.2. The molecule has 0 saturated carbocycles. The lowest BCUT2D eigenvalue weighted by molar-refractivity contribution is -0.143. The van der Waals surface area contributed by atoms with E-state index in [-0.39, 0.29) is 11.8 Å². The Balaban J connectivity index is 4.40. The third kappa shape index (κ3) is 4.61. The molecular weight excluding hydrogens is 208 g/mol. The number of hydrogen-bond acceptors (Lipinski definition) is 3. The van der Waals surface area contributed by atoms with E-state index in [0.29, 0.717) is 12.8 Å². The van der Waals surface area contributed by atoms with Crippen LogP contribution in [0.5, 0.6) is 0 Å². The number of hydrogen-bond donors (Lipinski definition) is 3. The van der Waals surface area contributed by atoms with Crippen molar-refractivity contribution in [3.05, 3.63) is 0 Å². The molecule has 5 nitrogen and oxygen atoms in total. The molecule has 0 aromatic heterocycles. The summed E-state index contributed by atoms with van der Waals surface area (Å²) in [7, 11) is 0. The summed E-state index contributed by atoms with van der Waals surface area (Å²) < 4.78 is 0. The van der Waals surface area contributed by atoms with E-state index in [9.17, 15) is 9.59 Å². The third-order valence-corrected chi connectivity index (χ3v) is 2.71. The monoisotopic (exact) mass is 230 g/mol. The molecule has 3 atom stereocenters. The van der Waals surface area contributed by atoms with E-state index in [1.54, 1.807) is 6.92 Å². The Morgan fingerprint density at radius 3 is 2.31 bits per heavy atom. The molecule has 4 N–H and O–H groups in total. The maximum absolute atomic E-state index is 11.6. The molecular formula is C11H22N2O3. The third-order valence-electron chi connectivity index (χ3n) is 2.71. The first-order chi connectivity index (χ1) is 7.43. The molecule has 0 aliphatic heterocycles. The van der Waals surface area contributed by atoms with Gasteiger partial charge in [0.1, 0.15) is 6.04 Å². The van der Waals surface area contributed by atoms with Crippen molar-refractivity contribution >= 4 is 11.9 Å². The Bertz CT molecular complexity index is 243. The zero-order chi connectivity index (χ0) is 12.7. The topological polar surface area (TPSA) is 92.4 Å². The van der Waals surface area contributed by atoms with Gasteiger partial charge in [0.25, 0.3) is 0 Å². The number of rotatable bonds is 7. The first-order valence-electron chi connectivity index (χ1n) is 5.72. The van der Waals surface area contributed by atoms with Gasteiger partial charge < -0.3 is 16.2 Å². The maximum atomic E-state index is 11.6. The molecule has 0 bridgehead atoms. The van der Waals surface area contributed by atoms with Crippen molar-refractivity contribution in [1.29, 1.82) is 0 Å². The van der Waals surface area contributed by atoms with Crippen LogP contribution in [0, 0.1) is 5.92 Å². The number of nitrogens with one attached hydrogen (secondary N) is 1. The van der Waals surface area contributed by atoms with E-state index >= 15 is 0 Å². The molecule has 0 aliphatic carbocycles. The summed E-state index contributed by atoms with van der Waals surface area (Å²) in [5.74, 6) is -1.49. The fourth-order valence-corrected chi connectivity index (χ4v) is 1.39. The predicted octanol–water partition coefficient (Wildman–Crippen LogP) is 0.729. The molecule has 0 saturated heterocycles. The van der Waals surface area contributed by atoms with Crippen molar-refractivity contribution in [2.75, 3.05) is 0 Å². The second kappa shape index (κ2) is 7.22. The van der Waals surface area contributed by atoms with E-state index < -0.39 is 18.1 Å². The lowest BCUT2D eigenvalue weighted by atomic mass is 9.98. The number of carboxylic acids is 1. The largest absolute Gasteiger partial charge is 0.480 e. The Labute approximate surface area is 96.4 Å². The van der Waals surface area contributed by atoms with E-state index in [4.69, 9.17) is 10.8 Å². The quantitative estimate of drug-likeness (QED) is 0.601. The smallest absolute Gasteiger partial charge is 0.326 e. The summed E-state index contributed by atoms with van der Waals surface area (Å²) in [6, 6.07) is -1.46. The molecule has 0 aliphatic rings. The number of nitrogens with two attached hydrogens (primary N) is 1. The van der Waals surface area contributed by atoms with E-state index in [1.165, 1.54) is 0 Å². The van der Waals surface area contributed by atoms with E-state index in [0.717, 1.165) is 6.42 Å². The highest BCUT2D eigenvalue weighted by Gasteiger charge is 2.26. The maximum Gasteiger partial charge on any atom is 0.326 e. The second-order valence-electron chi connectivity index (χ2n) is 4.11. The van der Waals surface area contributed by atoms with Gasteiger partial charge >= 0.3 is 5.97 Å². The lowest BCUT2D eigenvalue weighted by Crippen LogP contribution is -2.50. The van der Waals surface area contributed by atoms with Crippen LogP contribution in [0.25, 0.3) is 0 Å². The highest BCUT2D eigenvalue weighted by atomic mass is 16.4. The van der Waals surface area contributed by atoms with Gasteiger partial charge in [-0.2, -0.15) is 0 Å². The van der Waals surface area contributed by atoms with Crippen molar-refractivity contribution in [3.8, 4) is 0 Å². The van der Waals surface area contributed by atoms with Crippen LogP contribution in [0.1, 0.15) is 40.0 Å².